The molecule has 1 saturated heterocycles. The van der Waals surface area contributed by atoms with Gasteiger partial charge in [-0.1, -0.05) is 24.3 Å². The number of nitrogens with zero attached hydrogens (tertiary/aromatic N) is 1. The average Bonchev–Trinajstić information content (AvgIpc) is 3.19. The molecule has 1 aromatic carbocycles. The van der Waals surface area contributed by atoms with E-state index in [-0.39, 0.29) is 24.0 Å². The van der Waals surface area contributed by atoms with E-state index >= 15 is 0 Å². The average molecular weight is 487 g/mol. The Balaban J connectivity index is 0.00000261. The van der Waals surface area contributed by atoms with E-state index in [9.17, 15) is 0 Å². The highest BCUT2D eigenvalue weighted by molar-refractivity contribution is 14.0. The first kappa shape index (κ1) is 22.4. The Morgan fingerprint density at radius 3 is 2.93 bits per heavy atom. The van der Waals surface area contributed by atoms with Gasteiger partial charge in [0.25, 0.3) is 0 Å². The highest BCUT2D eigenvalue weighted by Crippen LogP contribution is 2.41. The second-order valence-electron chi connectivity index (χ2n) is 7.27. The number of guanidine groups is 1. The minimum Gasteiger partial charge on any atom is -0.379 e. The van der Waals surface area contributed by atoms with Crippen molar-refractivity contribution in [2.24, 2.45) is 4.99 Å². The van der Waals surface area contributed by atoms with Crippen molar-refractivity contribution in [3.63, 3.8) is 0 Å². The van der Waals surface area contributed by atoms with Crippen LogP contribution in [0.2, 0.25) is 0 Å². The molecule has 2 fully saturated rings. The van der Waals surface area contributed by atoms with Crippen LogP contribution in [0.4, 0.5) is 0 Å². The summed E-state index contributed by atoms with van der Waals surface area (Å²) in [6, 6.07) is 9.17. The summed E-state index contributed by atoms with van der Waals surface area (Å²) >= 11 is 0. The third-order valence-corrected chi connectivity index (χ3v) is 5.09. The maximum atomic E-state index is 5.71. The second-order valence-corrected chi connectivity index (χ2v) is 7.27. The normalized spacial score (nSPS) is 24.4. The zero-order valence-corrected chi connectivity index (χ0v) is 18.9. The molecule has 3 unspecified atom stereocenters. The maximum Gasteiger partial charge on any atom is 0.191 e. The highest BCUT2D eigenvalue weighted by atomic mass is 127. The Hall–Kier alpha value is -0.860. The van der Waals surface area contributed by atoms with Gasteiger partial charge in [-0.3, -0.25) is 4.99 Å². The molecule has 0 amide bonds. The molecule has 1 aliphatic heterocycles. The van der Waals surface area contributed by atoms with Gasteiger partial charge in [-0.25, -0.2) is 0 Å². The van der Waals surface area contributed by atoms with Gasteiger partial charge >= 0.3 is 0 Å². The molecule has 2 N–H and O–H groups in total. The first-order valence-corrected chi connectivity index (χ1v) is 10.1. The maximum absolute atomic E-state index is 5.71. The molecule has 27 heavy (non-hydrogen) atoms. The van der Waals surface area contributed by atoms with Crippen LogP contribution in [0.15, 0.2) is 29.3 Å². The molecule has 1 aromatic rings. The van der Waals surface area contributed by atoms with Crippen LogP contribution >= 0.6 is 24.0 Å². The molecule has 1 aliphatic carbocycles. The Kier molecular flexibility index (Phi) is 9.86. The third kappa shape index (κ3) is 7.23. The van der Waals surface area contributed by atoms with E-state index in [1.807, 2.05) is 0 Å². The summed E-state index contributed by atoms with van der Waals surface area (Å²) in [6.07, 6.45) is 4.73. The largest absolute Gasteiger partial charge is 0.379 e. The number of rotatable bonds is 9. The Bertz CT molecular complexity index is 591. The number of aryl methyl sites for hydroxylation is 1. The topological polar surface area (TPSA) is 54.9 Å². The minimum atomic E-state index is 0. The van der Waals surface area contributed by atoms with Crippen molar-refractivity contribution in [2.45, 2.75) is 57.6 Å². The van der Waals surface area contributed by atoms with Crippen LogP contribution in [0, 0.1) is 6.92 Å². The first-order chi connectivity index (χ1) is 12.8. The van der Waals surface area contributed by atoms with E-state index in [4.69, 9.17) is 14.5 Å². The number of halogens is 1. The van der Waals surface area contributed by atoms with Gasteiger partial charge in [-0.2, -0.15) is 0 Å². The number of aliphatic imine (C=N–C) groups is 1. The van der Waals surface area contributed by atoms with E-state index in [0.717, 1.165) is 51.7 Å². The predicted octanol–water partition coefficient (Wildman–Crippen LogP) is 3.61. The molecule has 0 aromatic heterocycles. The summed E-state index contributed by atoms with van der Waals surface area (Å²) in [5, 5.41) is 6.94. The quantitative estimate of drug-likeness (QED) is 0.242. The summed E-state index contributed by atoms with van der Waals surface area (Å²) in [5.41, 5.74) is 2.84. The predicted molar refractivity (Wildman–Crippen MR) is 121 cm³/mol. The molecule has 0 bridgehead atoms. The lowest BCUT2D eigenvalue weighted by atomic mass is 10.0. The van der Waals surface area contributed by atoms with Crippen molar-refractivity contribution in [1.82, 2.24) is 10.6 Å². The van der Waals surface area contributed by atoms with Gasteiger partial charge in [-0.05, 0) is 50.7 Å². The van der Waals surface area contributed by atoms with Crippen molar-refractivity contribution in [3.8, 4) is 0 Å². The molecule has 5 nitrogen and oxygen atoms in total. The fourth-order valence-corrected chi connectivity index (χ4v) is 3.54. The van der Waals surface area contributed by atoms with Crippen molar-refractivity contribution in [3.05, 3.63) is 35.4 Å². The fourth-order valence-electron chi connectivity index (χ4n) is 3.54. The van der Waals surface area contributed by atoms with E-state index in [0.29, 0.717) is 18.1 Å². The molecule has 1 saturated carbocycles. The van der Waals surface area contributed by atoms with E-state index in [1.165, 1.54) is 24.0 Å². The highest BCUT2D eigenvalue weighted by Gasteiger charge is 2.39. The SMILES string of the molecule is CCNC(=NCCCOCC1CCCO1)NC1CC1c1ccccc1C.I. The van der Waals surface area contributed by atoms with Crippen LogP contribution in [0.25, 0.3) is 0 Å². The molecular weight excluding hydrogens is 453 g/mol. The summed E-state index contributed by atoms with van der Waals surface area (Å²) in [4.78, 5) is 4.70. The summed E-state index contributed by atoms with van der Waals surface area (Å²) in [7, 11) is 0. The van der Waals surface area contributed by atoms with Crippen LogP contribution in [-0.4, -0.2) is 51.0 Å². The van der Waals surface area contributed by atoms with Crippen molar-refractivity contribution in [1.29, 1.82) is 0 Å². The lowest BCUT2D eigenvalue weighted by Gasteiger charge is -2.12. The zero-order chi connectivity index (χ0) is 18.2. The smallest absolute Gasteiger partial charge is 0.191 e. The molecule has 2 aliphatic rings. The van der Waals surface area contributed by atoms with Crippen molar-refractivity contribution in [2.75, 3.05) is 32.9 Å². The second kappa shape index (κ2) is 11.9. The third-order valence-electron chi connectivity index (χ3n) is 5.09. The number of benzene rings is 1. The van der Waals surface area contributed by atoms with Crippen LogP contribution < -0.4 is 10.6 Å². The lowest BCUT2D eigenvalue weighted by molar-refractivity contribution is 0.0171. The molecule has 3 rings (SSSR count). The molecule has 0 radical (unpaired) electrons. The number of nitrogens with one attached hydrogen (secondary N) is 2. The van der Waals surface area contributed by atoms with Crippen molar-refractivity contribution >= 4 is 29.9 Å². The van der Waals surface area contributed by atoms with Crippen molar-refractivity contribution < 1.29 is 9.47 Å². The Morgan fingerprint density at radius 1 is 1.33 bits per heavy atom. The Morgan fingerprint density at radius 2 is 2.19 bits per heavy atom. The van der Waals surface area contributed by atoms with Gasteiger partial charge in [0.05, 0.1) is 12.7 Å². The van der Waals surface area contributed by atoms with Gasteiger partial charge in [0.15, 0.2) is 5.96 Å². The van der Waals surface area contributed by atoms with Crippen LogP contribution in [-0.2, 0) is 9.47 Å². The number of hydrogen-bond donors (Lipinski definition) is 2. The zero-order valence-electron chi connectivity index (χ0n) is 16.6. The van der Waals surface area contributed by atoms with Gasteiger partial charge in [0.1, 0.15) is 0 Å². The van der Waals surface area contributed by atoms with Gasteiger partial charge in [-0.15, -0.1) is 24.0 Å². The monoisotopic (exact) mass is 487 g/mol. The number of ether oxygens (including phenoxy) is 2. The summed E-state index contributed by atoms with van der Waals surface area (Å²) in [6.45, 7) is 8.32. The minimum absolute atomic E-state index is 0. The molecule has 152 valence electrons. The number of hydrogen-bond acceptors (Lipinski definition) is 3. The molecule has 6 heteroatoms. The van der Waals surface area contributed by atoms with Crippen LogP contribution in [0.3, 0.4) is 0 Å². The molecule has 1 heterocycles. The molecular formula is C21H34IN3O2. The summed E-state index contributed by atoms with van der Waals surface area (Å²) < 4.78 is 11.3. The van der Waals surface area contributed by atoms with Gasteiger partial charge < -0.3 is 20.1 Å². The summed E-state index contributed by atoms with van der Waals surface area (Å²) in [5.74, 6) is 1.53. The van der Waals surface area contributed by atoms with E-state index < -0.39 is 0 Å². The fraction of sp³-hybridized carbons (Fsp3) is 0.667. The van der Waals surface area contributed by atoms with Crippen LogP contribution in [0.1, 0.15) is 49.7 Å². The lowest BCUT2D eigenvalue weighted by Crippen LogP contribution is -2.39. The van der Waals surface area contributed by atoms with Gasteiger partial charge in [0.2, 0.25) is 0 Å². The standard InChI is InChI=1S/C21H33N3O2.HI/c1-3-22-21(23-11-7-12-25-15-17-9-6-13-26-17)24-20-14-19(20)18-10-5-4-8-16(18)2;/h4-5,8,10,17,19-20H,3,6-7,9,11-15H2,1-2H3,(H2,22,23,24);1H. The van der Waals surface area contributed by atoms with E-state index in [2.05, 4.69) is 48.7 Å². The molecule has 3 atom stereocenters. The van der Waals surface area contributed by atoms with Crippen LogP contribution in [0.5, 0.6) is 0 Å². The Labute approximate surface area is 180 Å². The van der Waals surface area contributed by atoms with E-state index in [1.54, 1.807) is 0 Å². The molecule has 0 spiro atoms. The van der Waals surface area contributed by atoms with Gasteiger partial charge in [0, 0.05) is 38.3 Å². The first-order valence-electron chi connectivity index (χ1n) is 10.1.